The zero-order valence-corrected chi connectivity index (χ0v) is 16.0. The summed E-state index contributed by atoms with van der Waals surface area (Å²) in [5.41, 5.74) is 1.26. The molecule has 0 radical (unpaired) electrons. The molecular formula is C20H16F4N4O3. The van der Waals surface area contributed by atoms with Gasteiger partial charge in [0.25, 0.3) is 0 Å². The summed E-state index contributed by atoms with van der Waals surface area (Å²) in [6.45, 7) is 1.12. The third-order valence-electron chi connectivity index (χ3n) is 3.93. The van der Waals surface area contributed by atoms with Crippen LogP contribution in [0.15, 0.2) is 48.5 Å². The van der Waals surface area contributed by atoms with E-state index in [9.17, 15) is 22.4 Å². The van der Waals surface area contributed by atoms with Crippen molar-refractivity contribution in [2.75, 3.05) is 17.2 Å². The molecule has 1 aromatic heterocycles. The fourth-order valence-corrected chi connectivity index (χ4v) is 2.56. The van der Waals surface area contributed by atoms with Gasteiger partial charge in [-0.15, -0.1) is 13.2 Å². The summed E-state index contributed by atoms with van der Waals surface area (Å²) >= 11 is 0. The third kappa shape index (κ3) is 6.29. The first kappa shape index (κ1) is 21.8. The molecule has 0 spiro atoms. The van der Waals surface area contributed by atoms with Gasteiger partial charge in [0.15, 0.2) is 0 Å². The summed E-state index contributed by atoms with van der Waals surface area (Å²) in [4.78, 5) is 19.1. The quantitative estimate of drug-likeness (QED) is 0.461. The van der Waals surface area contributed by atoms with Crippen molar-refractivity contribution in [3.8, 4) is 17.0 Å². The number of carbonyl (C=O) groups is 1. The highest BCUT2D eigenvalue weighted by Gasteiger charge is 2.31. The van der Waals surface area contributed by atoms with E-state index in [1.54, 1.807) is 19.1 Å². The Labute approximate surface area is 173 Å². The van der Waals surface area contributed by atoms with Crippen LogP contribution in [0.25, 0.3) is 11.3 Å². The fraction of sp³-hybridized carbons (Fsp3) is 0.150. The van der Waals surface area contributed by atoms with Gasteiger partial charge in [-0.2, -0.15) is 4.98 Å². The number of aryl methyl sites for hydroxylation is 1. The Morgan fingerprint density at radius 3 is 2.58 bits per heavy atom. The lowest BCUT2D eigenvalue weighted by atomic mass is 10.1. The average molecular weight is 436 g/mol. The maximum absolute atomic E-state index is 13.8. The monoisotopic (exact) mass is 436 g/mol. The molecule has 0 saturated heterocycles. The molecule has 1 heterocycles. The zero-order valence-electron chi connectivity index (χ0n) is 16.0. The molecular weight excluding hydrogens is 420 g/mol. The number of carboxylic acids is 1. The van der Waals surface area contributed by atoms with Crippen molar-refractivity contribution in [1.29, 1.82) is 0 Å². The minimum atomic E-state index is -4.86. The number of aromatic nitrogens is 2. The maximum Gasteiger partial charge on any atom is 0.573 e. The highest BCUT2D eigenvalue weighted by molar-refractivity contribution is 5.73. The molecule has 0 saturated carbocycles. The number of aliphatic carboxylic acids is 1. The number of hydrogen-bond acceptors (Lipinski definition) is 6. The predicted octanol–water partition coefficient (Wildman–Crippen LogP) is 4.73. The van der Waals surface area contributed by atoms with E-state index >= 15 is 0 Å². The first-order valence-electron chi connectivity index (χ1n) is 8.83. The molecule has 0 aliphatic carbocycles. The molecule has 7 nitrogen and oxygen atoms in total. The van der Waals surface area contributed by atoms with Crippen molar-refractivity contribution >= 4 is 23.4 Å². The Morgan fingerprint density at radius 2 is 1.90 bits per heavy atom. The van der Waals surface area contributed by atoms with Gasteiger partial charge in [0.2, 0.25) is 5.95 Å². The fourth-order valence-electron chi connectivity index (χ4n) is 2.56. The number of carboxylic acid groups (broad SMARTS) is 1. The van der Waals surface area contributed by atoms with Gasteiger partial charge >= 0.3 is 12.3 Å². The van der Waals surface area contributed by atoms with Crippen LogP contribution in [-0.4, -0.2) is 34.0 Å². The standard InChI is InChI=1S/C20H16F4N4O3/c1-11-5-6-13(8-15(11)21)26-17-9-16(27-19(28-17)25-10-18(29)30)12-3-2-4-14(7-12)31-20(22,23)24/h2-9H,10H2,1H3,(H,29,30)(H2,25,26,27,28). The molecule has 3 N–H and O–H groups in total. The number of nitrogens with zero attached hydrogens (tertiary/aromatic N) is 2. The Balaban J connectivity index is 1.98. The number of alkyl halides is 3. The van der Waals surface area contributed by atoms with Gasteiger partial charge in [-0.3, -0.25) is 4.79 Å². The second kappa shape index (κ2) is 8.86. The van der Waals surface area contributed by atoms with Crippen LogP contribution in [-0.2, 0) is 4.79 Å². The van der Waals surface area contributed by atoms with E-state index in [4.69, 9.17) is 5.11 Å². The van der Waals surface area contributed by atoms with Gasteiger partial charge < -0.3 is 20.5 Å². The first-order valence-corrected chi connectivity index (χ1v) is 8.83. The summed E-state index contributed by atoms with van der Waals surface area (Å²) in [7, 11) is 0. The van der Waals surface area contributed by atoms with Gasteiger partial charge in [-0.25, -0.2) is 9.37 Å². The minimum Gasteiger partial charge on any atom is -0.480 e. The number of benzene rings is 2. The normalized spacial score (nSPS) is 11.1. The van der Waals surface area contributed by atoms with Crippen LogP contribution in [0.3, 0.4) is 0 Å². The van der Waals surface area contributed by atoms with E-state index in [-0.39, 0.29) is 23.0 Å². The molecule has 31 heavy (non-hydrogen) atoms. The number of rotatable bonds is 7. The van der Waals surface area contributed by atoms with Gasteiger partial charge in [0, 0.05) is 17.3 Å². The molecule has 11 heteroatoms. The average Bonchev–Trinajstić information content (AvgIpc) is 2.68. The molecule has 0 amide bonds. The van der Waals surface area contributed by atoms with E-state index in [1.807, 2.05) is 0 Å². The van der Waals surface area contributed by atoms with Crippen LogP contribution in [0.1, 0.15) is 5.56 Å². The summed E-state index contributed by atoms with van der Waals surface area (Å²) in [5.74, 6) is -1.97. The van der Waals surface area contributed by atoms with Gasteiger partial charge in [0.1, 0.15) is 23.9 Å². The number of ether oxygens (including phenoxy) is 1. The van der Waals surface area contributed by atoms with E-state index in [0.717, 1.165) is 12.1 Å². The molecule has 0 unspecified atom stereocenters. The number of hydrogen-bond donors (Lipinski definition) is 3. The lowest BCUT2D eigenvalue weighted by Crippen LogP contribution is -2.17. The van der Waals surface area contributed by atoms with Gasteiger partial charge in [0.05, 0.1) is 5.69 Å². The van der Waals surface area contributed by atoms with Crippen molar-refractivity contribution in [1.82, 2.24) is 9.97 Å². The molecule has 0 atom stereocenters. The van der Waals surface area contributed by atoms with Crippen LogP contribution >= 0.6 is 0 Å². The van der Waals surface area contributed by atoms with Crippen LogP contribution in [0.4, 0.5) is 35.0 Å². The molecule has 0 fully saturated rings. The molecule has 0 bridgehead atoms. The lowest BCUT2D eigenvalue weighted by Gasteiger charge is -2.13. The molecule has 3 aromatic rings. The molecule has 0 aliphatic heterocycles. The van der Waals surface area contributed by atoms with E-state index in [2.05, 4.69) is 25.3 Å². The minimum absolute atomic E-state index is 0.0860. The highest BCUT2D eigenvalue weighted by Crippen LogP contribution is 2.29. The predicted molar refractivity (Wildman–Crippen MR) is 105 cm³/mol. The second-order valence-corrected chi connectivity index (χ2v) is 6.37. The third-order valence-corrected chi connectivity index (χ3v) is 3.93. The number of nitrogens with one attached hydrogen (secondary N) is 2. The van der Waals surface area contributed by atoms with E-state index in [1.165, 1.54) is 24.3 Å². The van der Waals surface area contributed by atoms with Gasteiger partial charge in [-0.05, 0) is 36.8 Å². The maximum atomic E-state index is 13.8. The Hall–Kier alpha value is -3.89. The number of halogens is 4. The van der Waals surface area contributed by atoms with Gasteiger partial charge in [-0.1, -0.05) is 18.2 Å². The molecule has 162 valence electrons. The summed E-state index contributed by atoms with van der Waals surface area (Å²) in [6.07, 6.45) is -4.86. The molecule has 3 rings (SSSR count). The summed E-state index contributed by atoms with van der Waals surface area (Å²) in [5, 5.41) is 14.2. The Kier molecular flexibility index (Phi) is 6.23. The van der Waals surface area contributed by atoms with E-state index < -0.39 is 30.4 Å². The lowest BCUT2D eigenvalue weighted by molar-refractivity contribution is -0.274. The van der Waals surface area contributed by atoms with Crippen LogP contribution in [0.5, 0.6) is 5.75 Å². The van der Waals surface area contributed by atoms with Crippen molar-refractivity contribution in [3.63, 3.8) is 0 Å². The molecule has 2 aromatic carbocycles. The number of anilines is 3. The summed E-state index contributed by atoms with van der Waals surface area (Å²) < 4.78 is 55.4. The van der Waals surface area contributed by atoms with Crippen molar-refractivity contribution in [3.05, 3.63) is 59.9 Å². The molecule has 0 aliphatic rings. The van der Waals surface area contributed by atoms with Crippen LogP contribution in [0.2, 0.25) is 0 Å². The summed E-state index contributed by atoms with van der Waals surface area (Å²) in [6, 6.07) is 11.0. The zero-order chi connectivity index (χ0) is 22.6. The van der Waals surface area contributed by atoms with Crippen LogP contribution < -0.4 is 15.4 Å². The van der Waals surface area contributed by atoms with Crippen molar-refractivity contribution in [2.24, 2.45) is 0 Å². The first-order chi connectivity index (χ1) is 14.6. The Morgan fingerprint density at radius 1 is 1.13 bits per heavy atom. The highest BCUT2D eigenvalue weighted by atomic mass is 19.4. The second-order valence-electron chi connectivity index (χ2n) is 6.37. The smallest absolute Gasteiger partial charge is 0.480 e. The van der Waals surface area contributed by atoms with Crippen molar-refractivity contribution < 1.29 is 32.2 Å². The van der Waals surface area contributed by atoms with Crippen molar-refractivity contribution in [2.45, 2.75) is 13.3 Å². The largest absolute Gasteiger partial charge is 0.573 e. The van der Waals surface area contributed by atoms with E-state index in [0.29, 0.717) is 11.3 Å². The SMILES string of the molecule is Cc1ccc(Nc2cc(-c3cccc(OC(F)(F)F)c3)nc(NCC(=O)O)n2)cc1F. The Bertz CT molecular complexity index is 1110. The van der Waals surface area contributed by atoms with Crippen LogP contribution in [0, 0.1) is 12.7 Å². The topological polar surface area (TPSA) is 96.4 Å².